The highest BCUT2D eigenvalue weighted by atomic mass is 35.5. The minimum atomic E-state index is -0.147. The van der Waals surface area contributed by atoms with Gasteiger partial charge in [0.05, 0.1) is 29.3 Å². The molecule has 8 heteroatoms. The highest BCUT2D eigenvalue weighted by Gasteiger charge is 2.32. The second-order valence-electron chi connectivity index (χ2n) is 5.88. The zero-order valence-corrected chi connectivity index (χ0v) is 17.7. The minimum Gasteiger partial charge on any atom is -0.493 e. The van der Waals surface area contributed by atoms with Crippen molar-refractivity contribution in [2.75, 3.05) is 20.3 Å². The lowest BCUT2D eigenvalue weighted by Gasteiger charge is -2.12. The summed E-state index contributed by atoms with van der Waals surface area (Å²) in [5.74, 6) is 1.12. The molecule has 6 nitrogen and oxygen atoms in total. The molecule has 1 amide bonds. The van der Waals surface area contributed by atoms with Crippen molar-refractivity contribution in [2.24, 2.45) is 4.99 Å². The summed E-state index contributed by atoms with van der Waals surface area (Å²) >= 11 is 7.44. The fourth-order valence-electron chi connectivity index (χ4n) is 2.64. The highest BCUT2D eigenvalue weighted by molar-refractivity contribution is 8.18. The molecule has 0 spiro atoms. The van der Waals surface area contributed by atoms with Gasteiger partial charge in [0.2, 0.25) is 0 Å². The van der Waals surface area contributed by atoms with Gasteiger partial charge in [0.15, 0.2) is 16.7 Å². The molecular weight excluding hydrogens is 410 g/mol. The maximum Gasteiger partial charge on any atom is 0.267 e. The Hall–Kier alpha value is -2.77. The molecule has 2 heterocycles. The predicted octanol–water partition coefficient (Wildman–Crippen LogP) is 4.93. The van der Waals surface area contributed by atoms with Crippen molar-refractivity contribution in [3.05, 3.63) is 64.8 Å². The number of aliphatic imine (C=N–C) groups is 1. The first-order valence-corrected chi connectivity index (χ1v) is 10.1. The van der Waals surface area contributed by atoms with Crippen LogP contribution >= 0.6 is 23.4 Å². The van der Waals surface area contributed by atoms with Crippen LogP contribution < -0.4 is 9.47 Å². The van der Waals surface area contributed by atoms with E-state index < -0.39 is 0 Å². The summed E-state index contributed by atoms with van der Waals surface area (Å²) in [5, 5.41) is 0.951. The van der Waals surface area contributed by atoms with E-state index in [4.69, 9.17) is 21.1 Å². The standard InChI is InChI=1S/C21H20ClN3O3S/c1-4-10-25-20(26)19(29-21(25)24-16-8-9-23-13-15(16)22)12-14-6-7-17(28-5-2)18(11-14)27-3/h4,6-9,11-13H,1,5,10H2,2-3H3/b19-12-,24-21?. The molecule has 1 aliphatic heterocycles. The van der Waals surface area contributed by atoms with Crippen molar-refractivity contribution >= 4 is 46.2 Å². The van der Waals surface area contributed by atoms with Gasteiger partial charge in [-0.25, -0.2) is 4.99 Å². The lowest BCUT2D eigenvalue weighted by molar-refractivity contribution is -0.121. The zero-order chi connectivity index (χ0) is 20.8. The Labute approximate surface area is 178 Å². The Morgan fingerprint density at radius 3 is 2.86 bits per heavy atom. The van der Waals surface area contributed by atoms with Crippen LogP contribution in [-0.4, -0.2) is 41.2 Å². The van der Waals surface area contributed by atoms with Crippen molar-refractivity contribution < 1.29 is 14.3 Å². The molecule has 0 bridgehead atoms. The van der Waals surface area contributed by atoms with Crippen molar-refractivity contribution in [1.29, 1.82) is 0 Å². The summed E-state index contributed by atoms with van der Waals surface area (Å²) in [6.07, 6.45) is 6.58. The van der Waals surface area contributed by atoms with Crippen molar-refractivity contribution in [3.63, 3.8) is 0 Å². The third-order valence-electron chi connectivity index (χ3n) is 3.95. The van der Waals surface area contributed by atoms with E-state index in [9.17, 15) is 4.79 Å². The molecule has 1 aromatic heterocycles. The number of pyridine rings is 1. The first-order valence-electron chi connectivity index (χ1n) is 8.88. The maximum atomic E-state index is 12.9. The number of carbonyl (C=O) groups is 1. The summed E-state index contributed by atoms with van der Waals surface area (Å²) in [7, 11) is 1.58. The van der Waals surface area contributed by atoms with E-state index >= 15 is 0 Å². The highest BCUT2D eigenvalue weighted by Crippen LogP contribution is 2.36. The van der Waals surface area contributed by atoms with Gasteiger partial charge in [-0.05, 0) is 48.5 Å². The summed E-state index contributed by atoms with van der Waals surface area (Å²) in [5.41, 5.74) is 1.37. The third kappa shape index (κ3) is 4.81. The number of amidine groups is 1. The number of thioether (sulfide) groups is 1. The number of aromatic nitrogens is 1. The quantitative estimate of drug-likeness (QED) is 0.461. The predicted molar refractivity (Wildman–Crippen MR) is 118 cm³/mol. The Morgan fingerprint density at radius 2 is 2.17 bits per heavy atom. The largest absolute Gasteiger partial charge is 0.493 e. The molecule has 3 rings (SSSR count). The van der Waals surface area contributed by atoms with Crippen molar-refractivity contribution in [1.82, 2.24) is 9.88 Å². The maximum absolute atomic E-state index is 12.9. The second-order valence-corrected chi connectivity index (χ2v) is 7.30. The number of hydrogen-bond donors (Lipinski definition) is 0. The first-order chi connectivity index (χ1) is 14.1. The number of amides is 1. The van der Waals surface area contributed by atoms with E-state index in [1.165, 1.54) is 18.0 Å². The van der Waals surface area contributed by atoms with Gasteiger partial charge in [-0.2, -0.15) is 0 Å². The number of hydrogen-bond acceptors (Lipinski definition) is 6. The lowest BCUT2D eigenvalue weighted by atomic mass is 10.2. The number of nitrogens with zero attached hydrogens (tertiary/aromatic N) is 3. The average molecular weight is 430 g/mol. The molecule has 1 aromatic carbocycles. The number of benzene rings is 1. The van der Waals surface area contributed by atoms with E-state index in [1.54, 1.807) is 36.4 Å². The molecule has 1 saturated heterocycles. The van der Waals surface area contributed by atoms with Gasteiger partial charge in [-0.1, -0.05) is 23.7 Å². The number of rotatable bonds is 7. The average Bonchev–Trinajstić information content (AvgIpc) is 3.00. The molecule has 0 aliphatic carbocycles. The van der Waals surface area contributed by atoms with Crippen LogP contribution in [0.25, 0.3) is 6.08 Å². The van der Waals surface area contributed by atoms with Crippen LogP contribution in [0.15, 0.2) is 59.2 Å². The molecule has 0 N–H and O–H groups in total. The molecule has 0 atom stereocenters. The van der Waals surface area contributed by atoms with E-state index in [0.717, 1.165) is 5.56 Å². The number of methoxy groups -OCH3 is 1. The molecule has 150 valence electrons. The summed E-state index contributed by atoms with van der Waals surface area (Å²) in [6, 6.07) is 7.23. The van der Waals surface area contributed by atoms with Gasteiger partial charge in [0.1, 0.15) is 0 Å². The van der Waals surface area contributed by atoms with Crippen LogP contribution in [0.5, 0.6) is 11.5 Å². The van der Waals surface area contributed by atoms with Crippen LogP contribution in [0, 0.1) is 0 Å². The van der Waals surface area contributed by atoms with Gasteiger partial charge in [-0.3, -0.25) is 14.7 Å². The molecule has 1 aliphatic rings. The monoisotopic (exact) mass is 429 g/mol. The van der Waals surface area contributed by atoms with Crippen molar-refractivity contribution in [2.45, 2.75) is 6.92 Å². The third-order valence-corrected chi connectivity index (χ3v) is 5.25. The fraction of sp³-hybridized carbons (Fsp3) is 0.190. The molecule has 1 fully saturated rings. The van der Waals surface area contributed by atoms with E-state index in [1.807, 2.05) is 25.1 Å². The van der Waals surface area contributed by atoms with Crippen LogP contribution in [0.1, 0.15) is 12.5 Å². The minimum absolute atomic E-state index is 0.147. The number of carbonyl (C=O) groups excluding carboxylic acids is 1. The summed E-state index contributed by atoms with van der Waals surface area (Å²) < 4.78 is 10.9. The Morgan fingerprint density at radius 1 is 1.34 bits per heavy atom. The van der Waals surface area contributed by atoms with Gasteiger partial charge in [0.25, 0.3) is 5.91 Å². The molecule has 0 radical (unpaired) electrons. The van der Waals surface area contributed by atoms with Crippen LogP contribution in [0.2, 0.25) is 5.02 Å². The SMILES string of the molecule is C=CCN1C(=O)/C(=C/c2ccc(OCC)c(OC)c2)SC1=Nc1ccncc1Cl. The first kappa shape index (κ1) is 21.0. The van der Waals surface area contributed by atoms with Gasteiger partial charge in [-0.15, -0.1) is 6.58 Å². The van der Waals surface area contributed by atoms with Crippen LogP contribution in [-0.2, 0) is 4.79 Å². The van der Waals surface area contributed by atoms with Gasteiger partial charge < -0.3 is 9.47 Å². The number of ether oxygens (including phenoxy) is 2. The lowest BCUT2D eigenvalue weighted by Crippen LogP contribution is -2.29. The van der Waals surface area contributed by atoms with E-state index in [2.05, 4.69) is 16.6 Å². The molecule has 2 aromatic rings. The summed E-state index contributed by atoms with van der Waals surface area (Å²) in [4.78, 5) is 23.5. The Bertz CT molecular complexity index is 991. The molecular formula is C21H20ClN3O3S. The Kier molecular flexibility index (Phi) is 6.95. The van der Waals surface area contributed by atoms with Gasteiger partial charge in [0, 0.05) is 18.9 Å². The molecule has 29 heavy (non-hydrogen) atoms. The van der Waals surface area contributed by atoms with E-state index in [-0.39, 0.29) is 5.91 Å². The summed E-state index contributed by atoms with van der Waals surface area (Å²) in [6.45, 7) is 6.53. The van der Waals surface area contributed by atoms with Crippen LogP contribution in [0.4, 0.5) is 5.69 Å². The Balaban J connectivity index is 1.95. The smallest absolute Gasteiger partial charge is 0.267 e. The zero-order valence-electron chi connectivity index (χ0n) is 16.1. The second kappa shape index (κ2) is 9.62. The topological polar surface area (TPSA) is 64.0 Å². The molecule has 0 unspecified atom stereocenters. The number of halogens is 1. The molecule has 0 saturated carbocycles. The van der Waals surface area contributed by atoms with Crippen molar-refractivity contribution in [3.8, 4) is 11.5 Å². The van der Waals surface area contributed by atoms with Crippen LogP contribution in [0.3, 0.4) is 0 Å². The fourth-order valence-corrected chi connectivity index (χ4v) is 3.81. The normalized spacial score (nSPS) is 16.5. The van der Waals surface area contributed by atoms with Gasteiger partial charge >= 0.3 is 0 Å². The van der Waals surface area contributed by atoms with E-state index in [0.29, 0.717) is 45.4 Å².